The molecule has 3 aliphatic rings. The predicted molar refractivity (Wildman–Crippen MR) is 154 cm³/mol. The molecule has 0 amide bonds. The molecule has 2 atom stereocenters. The molecular formula is C28H32B3N3O3. The van der Waals surface area contributed by atoms with Gasteiger partial charge < -0.3 is 18.9 Å². The van der Waals surface area contributed by atoms with E-state index in [2.05, 4.69) is 82.1 Å². The van der Waals surface area contributed by atoms with E-state index >= 15 is 0 Å². The van der Waals surface area contributed by atoms with Gasteiger partial charge in [0.25, 0.3) is 0 Å². The second-order valence-corrected chi connectivity index (χ2v) is 11.3. The van der Waals surface area contributed by atoms with Crippen molar-refractivity contribution in [3.63, 3.8) is 0 Å². The molecule has 0 saturated carbocycles. The fourth-order valence-electron chi connectivity index (χ4n) is 6.21. The van der Waals surface area contributed by atoms with Crippen LogP contribution in [0, 0.1) is 12.8 Å². The number of nitrogens with zero attached hydrogens (tertiary/aromatic N) is 3. The molecule has 1 saturated heterocycles. The van der Waals surface area contributed by atoms with Gasteiger partial charge in [-0.3, -0.25) is 4.98 Å². The first-order valence-electron chi connectivity index (χ1n) is 13.2. The van der Waals surface area contributed by atoms with E-state index in [4.69, 9.17) is 19.0 Å². The van der Waals surface area contributed by atoms with E-state index in [0.29, 0.717) is 5.92 Å². The Hall–Kier alpha value is -3.19. The molecule has 3 aromatic rings. The van der Waals surface area contributed by atoms with Gasteiger partial charge in [0.1, 0.15) is 11.5 Å². The topological polar surface area (TPSA) is 60.6 Å². The van der Waals surface area contributed by atoms with Crippen molar-refractivity contribution in [2.24, 2.45) is 5.92 Å². The minimum absolute atomic E-state index is 0.0754. The first-order chi connectivity index (χ1) is 17.9. The summed E-state index contributed by atoms with van der Waals surface area (Å²) < 4.78 is 17.4. The fraction of sp³-hybridized carbons (Fsp3) is 0.357. The van der Waals surface area contributed by atoms with E-state index in [9.17, 15) is 0 Å². The second-order valence-electron chi connectivity index (χ2n) is 11.3. The third-order valence-corrected chi connectivity index (χ3v) is 7.90. The highest BCUT2D eigenvalue weighted by molar-refractivity contribution is 6.59. The third kappa shape index (κ3) is 4.04. The minimum atomic E-state index is -0.172. The van der Waals surface area contributed by atoms with E-state index in [1.807, 2.05) is 13.1 Å². The second kappa shape index (κ2) is 9.28. The highest BCUT2D eigenvalue weighted by Gasteiger charge is 2.45. The van der Waals surface area contributed by atoms with Crippen molar-refractivity contribution >= 4 is 34.8 Å². The number of hydrogen-bond donors (Lipinski definition) is 0. The Labute approximate surface area is 221 Å². The third-order valence-electron chi connectivity index (χ3n) is 7.90. The van der Waals surface area contributed by atoms with Crippen molar-refractivity contribution in [2.75, 3.05) is 25.2 Å². The molecule has 4 heterocycles. The molecule has 0 radical (unpaired) electrons. The summed E-state index contributed by atoms with van der Waals surface area (Å²) in [5.74, 6) is 2.25. The van der Waals surface area contributed by atoms with Gasteiger partial charge in [-0.2, -0.15) is 0 Å². The van der Waals surface area contributed by atoms with E-state index in [1.54, 1.807) is 7.11 Å². The van der Waals surface area contributed by atoms with Crippen molar-refractivity contribution < 1.29 is 14.0 Å². The summed E-state index contributed by atoms with van der Waals surface area (Å²) in [7, 11) is 8.22. The summed E-state index contributed by atoms with van der Waals surface area (Å²) in [5, 5.41) is 4.17. The molecular weight excluding hydrogens is 459 g/mol. The normalized spacial score (nSPS) is 20.3. The zero-order valence-electron chi connectivity index (χ0n) is 22.3. The molecule has 1 aliphatic carbocycles. The molecule has 9 heteroatoms. The number of hydrogen-bond acceptors (Lipinski definition) is 6. The maximum Gasteiger partial charge on any atom is 0.128 e. The summed E-state index contributed by atoms with van der Waals surface area (Å²) in [6.07, 6.45) is 8.39. The Morgan fingerprint density at radius 1 is 1.14 bits per heavy atom. The first kappa shape index (κ1) is 24.2. The van der Waals surface area contributed by atoms with E-state index in [-0.39, 0.29) is 17.2 Å². The Balaban J connectivity index is 1.55. The maximum absolute atomic E-state index is 5.84. The highest BCUT2D eigenvalue weighted by atomic mass is 16.5. The monoisotopic (exact) mass is 491 g/mol. The lowest BCUT2D eigenvalue weighted by molar-refractivity contribution is 0.0572. The molecule has 1 unspecified atom stereocenters. The highest BCUT2D eigenvalue weighted by Crippen LogP contribution is 2.52. The van der Waals surface area contributed by atoms with Gasteiger partial charge in [-0.25, -0.2) is 0 Å². The minimum Gasteiger partial charge on any atom is -0.496 e. The lowest BCUT2D eigenvalue weighted by atomic mass is 9.41. The van der Waals surface area contributed by atoms with Gasteiger partial charge in [0, 0.05) is 36.1 Å². The molecule has 6 rings (SSSR count). The zero-order chi connectivity index (χ0) is 25.7. The van der Waals surface area contributed by atoms with Crippen LogP contribution in [0.25, 0.3) is 16.7 Å². The molecule has 2 aliphatic heterocycles. The SMILES string of the molecule is BC(B)(B)c1onc(C)c1-c1cnc2c(c1)N([C@H](c1ccccc1)C1CCOCC1)C1C=CC(OC)=C21. The standard InChI is InChI=1S/C28H32B3N3O3/c1-16-23(27(37-33-16)28(29,30)31)19-14-21-25(32-15-19)24-20(8-9-22(24)35-2)34(21)26(17-6-4-3-5-7-17)18-10-12-36-13-11-18/h3-9,14-15,18,20,26H,10-13,29-31H2,1-2H3/t20?,26-/m1/s1. The number of benzene rings is 1. The number of ether oxygens (including phenoxy) is 2. The molecule has 0 bridgehead atoms. The average molecular weight is 491 g/mol. The summed E-state index contributed by atoms with van der Waals surface area (Å²) in [5.41, 5.74) is 7.57. The lowest BCUT2D eigenvalue weighted by Crippen LogP contribution is -2.39. The van der Waals surface area contributed by atoms with Crippen LogP contribution in [0.15, 0.2) is 65.0 Å². The van der Waals surface area contributed by atoms with Crippen molar-refractivity contribution in [3.8, 4) is 11.1 Å². The van der Waals surface area contributed by atoms with E-state index < -0.39 is 0 Å². The van der Waals surface area contributed by atoms with Crippen molar-refractivity contribution in [2.45, 2.75) is 37.0 Å². The largest absolute Gasteiger partial charge is 0.496 e. The number of rotatable bonds is 6. The number of allylic oxidation sites excluding steroid dienone is 1. The Morgan fingerprint density at radius 2 is 1.89 bits per heavy atom. The van der Waals surface area contributed by atoms with Crippen LogP contribution in [0.4, 0.5) is 5.69 Å². The van der Waals surface area contributed by atoms with Gasteiger partial charge in [0.2, 0.25) is 0 Å². The quantitative estimate of drug-likeness (QED) is 0.494. The van der Waals surface area contributed by atoms with Gasteiger partial charge >= 0.3 is 0 Å². The summed E-state index contributed by atoms with van der Waals surface area (Å²) in [6.45, 7) is 3.61. The van der Waals surface area contributed by atoms with Gasteiger partial charge in [0.15, 0.2) is 0 Å². The molecule has 186 valence electrons. The molecule has 6 nitrogen and oxygen atoms in total. The van der Waals surface area contributed by atoms with Gasteiger partial charge in [-0.1, -0.05) is 46.7 Å². The van der Waals surface area contributed by atoms with Crippen LogP contribution in [-0.2, 0) is 14.6 Å². The average Bonchev–Trinajstić information content (AvgIpc) is 3.58. The predicted octanol–water partition coefficient (Wildman–Crippen LogP) is 2.34. The van der Waals surface area contributed by atoms with Gasteiger partial charge in [-0.05, 0) is 43.4 Å². The maximum atomic E-state index is 5.84. The number of aromatic nitrogens is 2. The van der Waals surface area contributed by atoms with E-state index in [1.165, 1.54) is 5.56 Å². The van der Waals surface area contributed by atoms with Crippen LogP contribution in [0.2, 0.25) is 0 Å². The van der Waals surface area contributed by atoms with Crippen LogP contribution in [0.1, 0.15) is 41.6 Å². The number of anilines is 1. The smallest absolute Gasteiger partial charge is 0.128 e. The van der Waals surface area contributed by atoms with E-state index in [0.717, 1.165) is 71.4 Å². The number of pyridine rings is 1. The molecule has 1 aromatic carbocycles. The molecule has 0 spiro atoms. The summed E-state index contributed by atoms with van der Waals surface area (Å²) >= 11 is 0. The van der Waals surface area contributed by atoms with Crippen LogP contribution >= 0.6 is 0 Å². The molecule has 0 N–H and O–H groups in total. The molecule has 1 fully saturated rings. The fourth-order valence-corrected chi connectivity index (χ4v) is 6.21. The van der Waals surface area contributed by atoms with Crippen molar-refractivity contribution in [1.82, 2.24) is 10.1 Å². The Morgan fingerprint density at radius 3 is 2.59 bits per heavy atom. The van der Waals surface area contributed by atoms with Crippen molar-refractivity contribution in [3.05, 3.63) is 83.2 Å². The number of fused-ring (bicyclic) bond motifs is 3. The van der Waals surface area contributed by atoms with Crippen LogP contribution in [0.5, 0.6) is 0 Å². The first-order valence-corrected chi connectivity index (χ1v) is 13.2. The summed E-state index contributed by atoms with van der Waals surface area (Å²) in [4.78, 5) is 7.66. The van der Waals surface area contributed by atoms with Gasteiger partial charge in [-0.15, -0.1) is 0 Å². The molecule has 2 aromatic heterocycles. The Bertz CT molecular complexity index is 1370. The van der Waals surface area contributed by atoms with Crippen LogP contribution < -0.4 is 4.90 Å². The Kier molecular flexibility index (Phi) is 6.06. The number of aryl methyl sites for hydroxylation is 1. The lowest BCUT2D eigenvalue weighted by Gasteiger charge is -2.41. The van der Waals surface area contributed by atoms with Crippen LogP contribution in [-0.4, -0.2) is 60.0 Å². The zero-order valence-corrected chi connectivity index (χ0v) is 22.3. The van der Waals surface area contributed by atoms with Crippen molar-refractivity contribution in [1.29, 1.82) is 0 Å². The number of methoxy groups -OCH3 is 1. The van der Waals surface area contributed by atoms with Crippen LogP contribution in [0.3, 0.4) is 0 Å². The molecule has 37 heavy (non-hydrogen) atoms. The van der Waals surface area contributed by atoms with Gasteiger partial charge in [0.05, 0.1) is 59.8 Å². The summed E-state index contributed by atoms with van der Waals surface area (Å²) in [6, 6.07) is 13.5.